The number of likely N-dealkylation sites (tertiary alicyclic amines) is 1. The first-order chi connectivity index (χ1) is 8.49. The van der Waals surface area contributed by atoms with Crippen LogP contribution in [0.2, 0.25) is 0 Å². The third-order valence-corrected chi connectivity index (χ3v) is 3.34. The Morgan fingerprint density at radius 2 is 2.06 bits per heavy atom. The van der Waals surface area contributed by atoms with Crippen molar-refractivity contribution in [2.75, 3.05) is 6.54 Å². The van der Waals surface area contributed by atoms with Crippen molar-refractivity contribution in [1.82, 2.24) is 4.90 Å². The van der Waals surface area contributed by atoms with Crippen LogP contribution in [-0.2, 0) is 9.59 Å². The van der Waals surface area contributed by atoms with E-state index in [0.29, 0.717) is 5.56 Å². The summed E-state index contributed by atoms with van der Waals surface area (Å²) in [6.07, 6.45) is 0.206. The van der Waals surface area contributed by atoms with Crippen molar-refractivity contribution in [3.63, 3.8) is 0 Å². The number of carbonyl (C=O) groups excluding carboxylic acids is 1. The standard InChI is InChI=1S/C13H14ClNO3/c1-8-2-4-9(5-3-8)12(13(17)18)15-7-10(14)6-11(15)16/h2-5,10,12H,6-7H2,1H3,(H,17,18). The van der Waals surface area contributed by atoms with E-state index in [0.717, 1.165) is 5.56 Å². The fourth-order valence-electron chi connectivity index (χ4n) is 2.14. The molecule has 96 valence electrons. The van der Waals surface area contributed by atoms with E-state index >= 15 is 0 Å². The van der Waals surface area contributed by atoms with Gasteiger partial charge in [0, 0.05) is 13.0 Å². The maximum atomic E-state index is 11.7. The zero-order valence-corrected chi connectivity index (χ0v) is 10.7. The normalized spacial score (nSPS) is 21.1. The number of halogens is 1. The summed E-state index contributed by atoms with van der Waals surface area (Å²) in [6.45, 7) is 2.21. The molecule has 1 aromatic rings. The molecular formula is C13H14ClNO3. The number of carboxylic acid groups (broad SMARTS) is 1. The molecule has 5 heteroatoms. The van der Waals surface area contributed by atoms with Gasteiger partial charge >= 0.3 is 5.97 Å². The Balaban J connectivity index is 2.32. The molecule has 1 saturated heterocycles. The van der Waals surface area contributed by atoms with Crippen molar-refractivity contribution in [3.05, 3.63) is 35.4 Å². The number of amides is 1. The second kappa shape index (κ2) is 4.98. The Morgan fingerprint density at radius 1 is 1.44 bits per heavy atom. The number of carbonyl (C=O) groups is 2. The van der Waals surface area contributed by atoms with Crippen molar-refractivity contribution < 1.29 is 14.7 Å². The number of alkyl halides is 1. The molecule has 1 N–H and O–H groups in total. The summed E-state index contributed by atoms with van der Waals surface area (Å²) >= 11 is 5.91. The van der Waals surface area contributed by atoms with Crippen molar-refractivity contribution in [3.8, 4) is 0 Å². The summed E-state index contributed by atoms with van der Waals surface area (Å²) in [5.74, 6) is -1.24. The van der Waals surface area contributed by atoms with Gasteiger partial charge < -0.3 is 10.0 Å². The minimum absolute atomic E-state index is 0.206. The number of hydrogen-bond acceptors (Lipinski definition) is 2. The highest BCUT2D eigenvalue weighted by atomic mass is 35.5. The average molecular weight is 268 g/mol. The quantitative estimate of drug-likeness (QED) is 0.852. The van der Waals surface area contributed by atoms with Gasteiger partial charge in [-0.25, -0.2) is 4.79 Å². The van der Waals surface area contributed by atoms with E-state index in [4.69, 9.17) is 11.6 Å². The lowest BCUT2D eigenvalue weighted by atomic mass is 10.0. The Hall–Kier alpha value is -1.55. The summed E-state index contributed by atoms with van der Waals surface area (Å²) in [4.78, 5) is 24.5. The highest BCUT2D eigenvalue weighted by Gasteiger charge is 2.37. The van der Waals surface area contributed by atoms with Crippen LogP contribution in [0.15, 0.2) is 24.3 Å². The van der Waals surface area contributed by atoms with Gasteiger partial charge in [0.1, 0.15) is 0 Å². The lowest BCUT2D eigenvalue weighted by Gasteiger charge is -2.24. The van der Waals surface area contributed by atoms with Crippen molar-refractivity contribution in [1.29, 1.82) is 0 Å². The summed E-state index contributed by atoms with van der Waals surface area (Å²) in [7, 11) is 0. The molecule has 1 aromatic carbocycles. The Morgan fingerprint density at radius 3 is 2.50 bits per heavy atom. The molecule has 2 rings (SSSR count). The summed E-state index contributed by atoms with van der Waals surface area (Å²) in [6, 6.07) is 6.21. The minimum Gasteiger partial charge on any atom is -0.479 e. The van der Waals surface area contributed by atoms with Crippen molar-refractivity contribution >= 4 is 23.5 Å². The molecule has 1 aliphatic rings. The van der Waals surface area contributed by atoms with Gasteiger partial charge in [-0.2, -0.15) is 0 Å². The third-order valence-electron chi connectivity index (χ3n) is 3.05. The fraction of sp³-hybridized carbons (Fsp3) is 0.385. The van der Waals surface area contributed by atoms with Crippen LogP contribution in [0.3, 0.4) is 0 Å². The molecule has 4 nitrogen and oxygen atoms in total. The van der Waals surface area contributed by atoms with Crippen LogP contribution < -0.4 is 0 Å². The molecule has 1 fully saturated rings. The number of rotatable bonds is 3. The molecule has 2 unspecified atom stereocenters. The predicted molar refractivity (Wildman–Crippen MR) is 67.5 cm³/mol. The average Bonchev–Trinajstić information content (AvgIpc) is 2.61. The van der Waals surface area contributed by atoms with Crippen LogP contribution in [-0.4, -0.2) is 33.8 Å². The van der Waals surface area contributed by atoms with Crippen LogP contribution in [0, 0.1) is 6.92 Å². The maximum absolute atomic E-state index is 11.7. The molecule has 0 radical (unpaired) electrons. The van der Waals surface area contributed by atoms with Crippen LogP contribution >= 0.6 is 11.6 Å². The molecule has 1 aliphatic heterocycles. The Bertz CT molecular complexity index is 472. The first kappa shape index (κ1) is 12.9. The topological polar surface area (TPSA) is 57.6 Å². The van der Waals surface area contributed by atoms with Gasteiger partial charge in [0.25, 0.3) is 0 Å². The third kappa shape index (κ3) is 2.48. The van der Waals surface area contributed by atoms with Crippen LogP contribution in [0.25, 0.3) is 0 Å². The van der Waals surface area contributed by atoms with Gasteiger partial charge in [-0.3, -0.25) is 4.79 Å². The summed E-state index contributed by atoms with van der Waals surface area (Å²) in [5.41, 5.74) is 1.65. The molecule has 0 aliphatic carbocycles. The SMILES string of the molecule is Cc1ccc(C(C(=O)O)N2CC(Cl)CC2=O)cc1. The lowest BCUT2D eigenvalue weighted by molar-refractivity contribution is -0.148. The first-order valence-electron chi connectivity index (χ1n) is 5.72. The zero-order valence-electron chi connectivity index (χ0n) is 9.97. The predicted octanol–water partition coefficient (Wildman–Crippen LogP) is 1.96. The van der Waals surface area contributed by atoms with Gasteiger partial charge in [-0.05, 0) is 12.5 Å². The molecule has 0 saturated carbocycles. The van der Waals surface area contributed by atoms with Gasteiger partial charge in [0.2, 0.25) is 5.91 Å². The van der Waals surface area contributed by atoms with E-state index in [1.54, 1.807) is 12.1 Å². The highest BCUT2D eigenvalue weighted by molar-refractivity contribution is 6.22. The van der Waals surface area contributed by atoms with E-state index in [1.807, 2.05) is 19.1 Å². The minimum atomic E-state index is -1.03. The van der Waals surface area contributed by atoms with Gasteiger partial charge in [0.15, 0.2) is 6.04 Å². The van der Waals surface area contributed by atoms with E-state index in [-0.39, 0.29) is 24.2 Å². The number of nitrogens with zero attached hydrogens (tertiary/aromatic N) is 1. The molecule has 1 amide bonds. The molecule has 0 aromatic heterocycles. The number of aliphatic carboxylic acids is 1. The zero-order chi connectivity index (χ0) is 13.3. The molecular weight excluding hydrogens is 254 g/mol. The molecule has 1 heterocycles. The maximum Gasteiger partial charge on any atom is 0.331 e. The van der Waals surface area contributed by atoms with Gasteiger partial charge in [-0.1, -0.05) is 29.8 Å². The van der Waals surface area contributed by atoms with Crippen molar-refractivity contribution in [2.45, 2.75) is 24.8 Å². The fourth-order valence-corrected chi connectivity index (χ4v) is 2.42. The van der Waals surface area contributed by atoms with E-state index in [1.165, 1.54) is 4.90 Å². The van der Waals surface area contributed by atoms with Crippen LogP contribution in [0.5, 0.6) is 0 Å². The summed E-state index contributed by atoms with van der Waals surface area (Å²) in [5, 5.41) is 9.02. The van der Waals surface area contributed by atoms with E-state index in [9.17, 15) is 14.7 Å². The first-order valence-corrected chi connectivity index (χ1v) is 6.15. The lowest BCUT2D eigenvalue weighted by Crippen LogP contribution is -2.35. The van der Waals surface area contributed by atoms with Crippen LogP contribution in [0.4, 0.5) is 0 Å². The molecule has 0 bridgehead atoms. The largest absolute Gasteiger partial charge is 0.479 e. The second-order valence-electron chi connectivity index (χ2n) is 4.50. The van der Waals surface area contributed by atoms with E-state index < -0.39 is 12.0 Å². The van der Waals surface area contributed by atoms with E-state index in [2.05, 4.69) is 0 Å². The number of aryl methyl sites for hydroxylation is 1. The summed E-state index contributed by atoms with van der Waals surface area (Å²) < 4.78 is 0. The van der Waals surface area contributed by atoms with Crippen LogP contribution in [0.1, 0.15) is 23.6 Å². The van der Waals surface area contributed by atoms with Crippen molar-refractivity contribution in [2.24, 2.45) is 0 Å². The molecule has 0 spiro atoms. The second-order valence-corrected chi connectivity index (χ2v) is 5.12. The Kier molecular flexibility index (Phi) is 3.57. The number of carboxylic acids is 1. The molecule has 2 atom stereocenters. The monoisotopic (exact) mass is 267 g/mol. The smallest absolute Gasteiger partial charge is 0.331 e. The van der Waals surface area contributed by atoms with Gasteiger partial charge in [0.05, 0.1) is 5.38 Å². The Labute approximate surface area is 110 Å². The number of hydrogen-bond donors (Lipinski definition) is 1. The number of benzene rings is 1. The highest BCUT2D eigenvalue weighted by Crippen LogP contribution is 2.28. The molecule has 18 heavy (non-hydrogen) atoms. The van der Waals surface area contributed by atoms with Gasteiger partial charge in [-0.15, -0.1) is 11.6 Å².